The van der Waals surface area contributed by atoms with E-state index in [1.165, 1.54) is 26.4 Å². The molecule has 0 fully saturated rings. The van der Waals surface area contributed by atoms with Gasteiger partial charge in [-0.15, -0.1) is 0 Å². The Morgan fingerprint density at radius 3 is 1.14 bits per heavy atom. The Morgan fingerprint density at radius 1 is 0.588 bits per heavy atom. The summed E-state index contributed by atoms with van der Waals surface area (Å²) in [5, 5.41) is 0. The second-order valence-electron chi connectivity index (χ2n) is 11.5. The highest BCUT2D eigenvalue weighted by atomic mass is 32.2. The molecule has 0 heterocycles. The molecule has 4 aromatic carbocycles. The maximum Gasteiger partial charge on any atom is 0.523 e. The zero-order valence-corrected chi connectivity index (χ0v) is 30.6. The molecule has 0 aliphatic rings. The lowest BCUT2D eigenvalue weighted by Gasteiger charge is -2.22. The molecule has 4 aromatic rings. The summed E-state index contributed by atoms with van der Waals surface area (Å²) in [6.07, 6.45) is 1.13. The predicted octanol–water partition coefficient (Wildman–Crippen LogP) is 9.19. The smallest absolute Gasteiger partial charge is 0.497 e. The van der Waals surface area contributed by atoms with Crippen molar-refractivity contribution >= 4 is 32.6 Å². The summed E-state index contributed by atoms with van der Waals surface area (Å²) in [4.78, 5) is 4.33. The molecule has 0 unspecified atom stereocenters. The van der Waals surface area contributed by atoms with Crippen molar-refractivity contribution < 1.29 is 35.2 Å². The molecule has 0 aliphatic heterocycles. The van der Waals surface area contributed by atoms with Crippen LogP contribution in [0.5, 0.6) is 11.5 Å². The first kappa shape index (κ1) is 39.1. The Kier molecular flexibility index (Phi) is 13.4. The average Bonchev–Trinajstić information content (AvgIpc) is 3.14. The molecule has 51 heavy (non-hydrogen) atoms. The van der Waals surface area contributed by atoms with Crippen LogP contribution in [0.1, 0.15) is 49.9 Å². The number of benzene rings is 4. The monoisotopic (exact) mass is 722 g/mol. The third kappa shape index (κ3) is 9.74. The van der Waals surface area contributed by atoms with Crippen LogP contribution >= 0.6 is 0 Å². The van der Waals surface area contributed by atoms with Crippen LogP contribution in [0.25, 0.3) is 11.1 Å². The van der Waals surface area contributed by atoms with Crippen molar-refractivity contribution in [2.45, 2.75) is 39.3 Å². The van der Waals surface area contributed by atoms with Gasteiger partial charge < -0.3 is 19.3 Å². The molecule has 0 amide bonds. The van der Waals surface area contributed by atoms with E-state index in [1.54, 1.807) is 48.5 Å². The topological polar surface area (TPSA) is 68.3 Å². The lowest BCUT2D eigenvalue weighted by Crippen LogP contribution is -2.29. The van der Waals surface area contributed by atoms with Crippen molar-refractivity contribution in [1.82, 2.24) is 0 Å². The van der Waals surface area contributed by atoms with Crippen molar-refractivity contribution in [2.75, 3.05) is 50.2 Å². The van der Waals surface area contributed by atoms with E-state index in [4.69, 9.17) is 13.7 Å². The Balaban J connectivity index is 1.99. The summed E-state index contributed by atoms with van der Waals surface area (Å²) in [5.41, 5.74) is -0.236. The van der Waals surface area contributed by atoms with Gasteiger partial charge in [0.15, 0.2) is 0 Å². The predicted molar refractivity (Wildman–Crippen MR) is 200 cm³/mol. The summed E-state index contributed by atoms with van der Waals surface area (Å²) in [6.45, 7) is 11.3. The number of anilines is 2. The van der Waals surface area contributed by atoms with Crippen LogP contribution in [-0.2, 0) is 14.3 Å². The van der Waals surface area contributed by atoms with Gasteiger partial charge >= 0.3 is 15.6 Å². The summed E-state index contributed by atoms with van der Waals surface area (Å²) < 4.78 is 82.8. The quantitative estimate of drug-likeness (QED) is 0.0844. The van der Waals surface area contributed by atoms with Gasteiger partial charge in [0.05, 0.1) is 14.2 Å². The summed E-state index contributed by atoms with van der Waals surface area (Å²) in [7, 11) is -2.97. The minimum Gasteiger partial charge on any atom is -0.497 e. The van der Waals surface area contributed by atoms with Crippen LogP contribution in [0.2, 0.25) is 0 Å². The van der Waals surface area contributed by atoms with E-state index in [-0.39, 0.29) is 0 Å². The van der Waals surface area contributed by atoms with Gasteiger partial charge in [0.1, 0.15) is 17.6 Å². The molecule has 0 atom stereocenters. The van der Waals surface area contributed by atoms with E-state index >= 15 is 0 Å². The number of rotatable bonds is 16. The van der Waals surface area contributed by atoms with Crippen LogP contribution in [-0.4, -0.2) is 60.4 Å². The first-order valence-corrected chi connectivity index (χ1v) is 18.2. The standard InChI is InChI=1S/C40H45F3N2O5S/c1-7-44(8-2)33-19-11-29(12-20-33)38(31-15-23-35(48-5)24-16-31)27-37(50-51(46,47)40(41,42)43)28-39(32-17-25-36(49-6)26-18-32)30-13-21-34(22-14-30)45(9-3)10-4/h11-28,37H,7-10H2,1-6H3. The first-order valence-electron chi connectivity index (χ1n) is 16.8. The second-order valence-corrected chi connectivity index (χ2v) is 13.1. The Hall–Kier alpha value is -4.74. The molecule has 272 valence electrons. The molecule has 0 aliphatic carbocycles. The van der Waals surface area contributed by atoms with Gasteiger partial charge in [0.25, 0.3) is 0 Å². The van der Waals surface area contributed by atoms with Crippen molar-refractivity contribution in [2.24, 2.45) is 0 Å². The number of methoxy groups -OCH3 is 2. The van der Waals surface area contributed by atoms with E-state index in [0.29, 0.717) is 44.9 Å². The molecule has 0 saturated heterocycles. The fourth-order valence-corrected chi connectivity index (χ4v) is 6.29. The molecule has 0 N–H and O–H groups in total. The molecule has 0 aromatic heterocycles. The molecule has 7 nitrogen and oxygen atoms in total. The minimum atomic E-state index is -6.03. The van der Waals surface area contributed by atoms with Crippen LogP contribution in [0, 0.1) is 0 Å². The van der Waals surface area contributed by atoms with Gasteiger partial charge in [-0.25, -0.2) is 0 Å². The summed E-state index contributed by atoms with van der Waals surface area (Å²) in [5.74, 6) is 1.16. The van der Waals surface area contributed by atoms with Crippen LogP contribution in [0.4, 0.5) is 24.5 Å². The van der Waals surface area contributed by atoms with Crippen molar-refractivity contribution in [3.63, 3.8) is 0 Å². The van der Waals surface area contributed by atoms with Crippen LogP contribution in [0.3, 0.4) is 0 Å². The highest BCUT2D eigenvalue weighted by Crippen LogP contribution is 2.34. The largest absolute Gasteiger partial charge is 0.523 e. The third-order valence-electron chi connectivity index (χ3n) is 8.60. The Morgan fingerprint density at radius 2 is 0.882 bits per heavy atom. The van der Waals surface area contributed by atoms with Crippen LogP contribution < -0.4 is 19.3 Å². The minimum absolute atomic E-state index is 0.466. The molecule has 0 saturated carbocycles. The molecule has 0 radical (unpaired) electrons. The second kappa shape index (κ2) is 17.5. The Bertz CT molecular complexity index is 1750. The number of ether oxygens (including phenoxy) is 2. The van der Waals surface area contributed by atoms with Gasteiger partial charge in [-0.3, -0.25) is 4.18 Å². The van der Waals surface area contributed by atoms with Gasteiger partial charge in [-0.05, 0) is 122 Å². The number of halogens is 3. The normalized spacial score (nSPS) is 13.1. The molecule has 0 bridgehead atoms. The van der Waals surface area contributed by atoms with E-state index in [1.807, 2.05) is 76.2 Å². The SMILES string of the molecule is CCN(CC)c1ccc(C(=CC(C=C(c2ccc(OC)cc2)c2ccc(N(CC)CC)cc2)OS(=O)(=O)C(F)(F)F)c2ccc(OC)cc2)cc1. The lowest BCUT2D eigenvalue weighted by molar-refractivity contribution is -0.0549. The first-order chi connectivity index (χ1) is 24.4. The lowest BCUT2D eigenvalue weighted by atomic mass is 9.93. The van der Waals surface area contributed by atoms with Gasteiger partial charge in [-0.2, -0.15) is 21.6 Å². The zero-order valence-electron chi connectivity index (χ0n) is 29.8. The van der Waals surface area contributed by atoms with E-state index in [0.717, 1.165) is 37.6 Å². The maximum atomic E-state index is 13.9. The molecular weight excluding hydrogens is 678 g/mol. The summed E-state index contributed by atoms with van der Waals surface area (Å²) >= 11 is 0. The molecule has 11 heteroatoms. The van der Waals surface area contributed by atoms with Crippen molar-refractivity contribution in [3.05, 3.63) is 131 Å². The van der Waals surface area contributed by atoms with Crippen LogP contribution in [0.15, 0.2) is 109 Å². The van der Waals surface area contributed by atoms with Crippen molar-refractivity contribution in [1.29, 1.82) is 0 Å². The highest BCUT2D eigenvalue weighted by Gasteiger charge is 2.48. The van der Waals surface area contributed by atoms with Crippen molar-refractivity contribution in [3.8, 4) is 11.5 Å². The fraction of sp³-hybridized carbons (Fsp3) is 0.300. The molecule has 4 rings (SSSR count). The van der Waals surface area contributed by atoms with E-state index in [2.05, 4.69) is 9.80 Å². The average molecular weight is 723 g/mol. The zero-order chi connectivity index (χ0) is 37.2. The Labute approximate surface area is 299 Å². The van der Waals surface area contributed by atoms with Gasteiger partial charge in [-0.1, -0.05) is 48.5 Å². The summed E-state index contributed by atoms with van der Waals surface area (Å²) in [6, 6.07) is 29.1. The number of nitrogens with zero attached hydrogens (tertiary/aromatic N) is 2. The number of alkyl halides is 3. The maximum absolute atomic E-state index is 13.9. The molecular formula is C40H45F3N2O5S. The number of hydrogen-bond acceptors (Lipinski definition) is 7. The van der Waals surface area contributed by atoms with Gasteiger partial charge in [0.2, 0.25) is 0 Å². The van der Waals surface area contributed by atoms with E-state index < -0.39 is 21.7 Å². The highest BCUT2D eigenvalue weighted by molar-refractivity contribution is 7.87. The number of hydrogen-bond donors (Lipinski definition) is 0. The molecule has 0 spiro atoms. The van der Waals surface area contributed by atoms with Gasteiger partial charge in [0, 0.05) is 37.6 Å². The van der Waals surface area contributed by atoms with E-state index in [9.17, 15) is 21.6 Å². The third-order valence-corrected chi connectivity index (χ3v) is 9.64. The fourth-order valence-electron chi connectivity index (χ4n) is 5.77.